The van der Waals surface area contributed by atoms with Gasteiger partial charge in [0.15, 0.2) is 0 Å². The summed E-state index contributed by atoms with van der Waals surface area (Å²) in [5, 5.41) is 3.02. The van der Waals surface area contributed by atoms with E-state index in [9.17, 15) is 4.79 Å². The predicted octanol–water partition coefficient (Wildman–Crippen LogP) is 3.14. The van der Waals surface area contributed by atoms with E-state index in [-0.39, 0.29) is 5.97 Å². The van der Waals surface area contributed by atoms with Gasteiger partial charge < -0.3 is 4.74 Å². The van der Waals surface area contributed by atoms with Gasteiger partial charge in [-0.3, -0.25) is 4.79 Å². The van der Waals surface area contributed by atoms with Gasteiger partial charge in [-0.15, -0.1) is 11.3 Å². The number of benzene rings is 1. The number of hydrogen-bond donors (Lipinski definition) is 0. The van der Waals surface area contributed by atoms with Crippen molar-refractivity contribution in [2.75, 3.05) is 0 Å². The normalized spacial score (nSPS) is 10.4. The molecule has 1 aromatic carbocycles. The summed E-state index contributed by atoms with van der Waals surface area (Å²) in [6.45, 7) is 3.47. The van der Waals surface area contributed by atoms with Gasteiger partial charge in [-0.25, -0.2) is 0 Å². The Morgan fingerprint density at radius 1 is 1.36 bits per heavy atom. The highest BCUT2D eigenvalue weighted by Gasteiger charge is 2.07. The molecule has 2 nitrogen and oxygen atoms in total. The van der Waals surface area contributed by atoms with Gasteiger partial charge >= 0.3 is 5.97 Å². The number of fused-ring (bicyclic) bond motifs is 1. The third kappa shape index (κ3) is 1.51. The van der Waals surface area contributed by atoms with Gasteiger partial charge in [0.05, 0.1) is 0 Å². The number of hydrogen-bond acceptors (Lipinski definition) is 3. The summed E-state index contributed by atoms with van der Waals surface area (Å²) in [5.74, 6) is 0.376. The molecule has 0 atom stereocenters. The minimum Gasteiger partial charge on any atom is -0.426 e. The first-order chi connectivity index (χ1) is 6.68. The second-order valence-corrected chi connectivity index (χ2v) is 4.05. The van der Waals surface area contributed by atoms with E-state index in [0.717, 1.165) is 5.39 Å². The van der Waals surface area contributed by atoms with Crippen LogP contribution in [0.15, 0.2) is 23.6 Å². The Bertz CT molecular complexity index is 485. The van der Waals surface area contributed by atoms with Crippen molar-refractivity contribution in [1.29, 1.82) is 0 Å². The van der Waals surface area contributed by atoms with Crippen molar-refractivity contribution < 1.29 is 9.53 Å². The summed E-state index contributed by atoms with van der Waals surface area (Å²) in [6.07, 6.45) is 0. The number of thiophene rings is 1. The van der Waals surface area contributed by atoms with Crippen LogP contribution in [0.1, 0.15) is 12.5 Å². The maximum Gasteiger partial charge on any atom is 0.308 e. The van der Waals surface area contributed by atoms with Crippen LogP contribution in [0.2, 0.25) is 0 Å². The van der Waals surface area contributed by atoms with Crippen molar-refractivity contribution in [2.24, 2.45) is 0 Å². The summed E-state index contributed by atoms with van der Waals surface area (Å²) in [4.78, 5) is 10.8. The molecule has 0 aliphatic carbocycles. The average molecular weight is 206 g/mol. The van der Waals surface area contributed by atoms with E-state index in [1.807, 2.05) is 23.6 Å². The Hall–Kier alpha value is -1.35. The minimum atomic E-state index is -0.277. The zero-order chi connectivity index (χ0) is 10.1. The van der Waals surface area contributed by atoms with Crippen LogP contribution in [0.4, 0.5) is 0 Å². The van der Waals surface area contributed by atoms with Crippen LogP contribution >= 0.6 is 11.3 Å². The highest BCUT2D eigenvalue weighted by molar-refractivity contribution is 7.17. The fourth-order valence-corrected chi connectivity index (χ4v) is 2.31. The van der Waals surface area contributed by atoms with Crippen LogP contribution < -0.4 is 4.74 Å². The lowest BCUT2D eigenvalue weighted by Gasteiger charge is -2.03. The van der Waals surface area contributed by atoms with E-state index >= 15 is 0 Å². The molecule has 0 N–H and O–H groups in total. The van der Waals surface area contributed by atoms with Gasteiger partial charge in [0, 0.05) is 17.0 Å². The molecular weight excluding hydrogens is 196 g/mol. The third-order valence-electron chi connectivity index (χ3n) is 2.03. The second-order valence-electron chi connectivity index (χ2n) is 3.14. The van der Waals surface area contributed by atoms with E-state index in [1.165, 1.54) is 17.2 Å². The molecule has 72 valence electrons. The smallest absolute Gasteiger partial charge is 0.308 e. The SMILES string of the molecule is CC(=O)Oc1ccc(C)c2sccc12. The molecule has 0 bridgehead atoms. The monoisotopic (exact) mass is 206 g/mol. The van der Waals surface area contributed by atoms with Crippen LogP contribution in [0, 0.1) is 6.92 Å². The molecule has 0 unspecified atom stereocenters. The Balaban J connectivity index is 2.60. The van der Waals surface area contributed by atoms with Gasteiger partial charge in [-0.1, -0.05) is 6.07 Å². The highest BCUT2D eigenvalue weighted by Crippen LogP contribution is 2.32. The predicted molar refractivity (Wildman–Crippen MR) is 57.9 cm³/mol. The lowest BCUT2D eigenvalue weighted by Crippen LogP contribution is -2.01. The quantitative estimate of drug-likeness (QED) is 0.529. The Kier molecular flexibility index (Phi) is 2.25. The van der Waals surface area contributed by atoms with Gasteiger partial charge in [-0.2, -0.15) is 0 Å². The molecule has 0 aliphatic rings. The molecule has 14 heavy (non-hydrogen) atoms. The van der Waals surface area contributed by atoms with E-state index in [0.29, 0.717) is 5.75 Å². The molecule has 0 fully saturated rings. The number of carbonyl (C=O) groups is 1. The summed E-state index contributed by atoms with van der Waals surface area (Å²) < 4.78 is 6.29. The third-order valence-corrected chi connectivity index (χ3v) is 3.08. The molecule has 2 rings (SSSR count). The molecule has 1 aromatic heterocycles. The van der Waals surface area contributed by atoms with E-state index in [2.05, 4.69) is 6.92 Å². The number of esters is 1. The number of ether oxygens (including phenoxy) is 1. The number of carbonyl (C=O) groups excluding carboxylic acids is 1. The van der Waals surface area contributed by atoms with E-state index in [1.54, 1.807) is 11.3 Å². The van der Waals surface area contributed by atoms with Crippen molar-refractivity contribution >= 4 is 27.4 Å². The standard InChI is InChI=1S/C11H10O2S/c1-7-3-4-10(13-8(2)12)9-5-6-14-11(7)9/h3-6H,1-2H3. The molecule has 1 heterocycles. The maximum atomic E-state index is 10.8. The summed E-state index contributed by atoms with van der Waals surface area (Å²) >= 11 is 1.66. The Morgan fingerprint density at radius 2 is 2.14 bits per heavy atom. The van der Waals surface area contributed by atoms with Gasteiger partial charge in [-0.05, 0) is 30.0 Å². The molecule has 0 amide bonds. The van der Waals surface area contributed by atoms with Gasteiger partial charge in [0.2, 0.25) is 0 Å². The molecule has 0 aliphatic heterocycles. The summed E-state index contributed by atoms with van der Waals surface area (Å²) in [5.41, 5.74) is 1.21. The first-order valence-corrected chi connectivity index (χ1v) is 5.21. The molecule has 3 heteroatoms. The molecule has 0 saturated carbocycles. The number of rotatable bonds is 1. The molecule has 0 radical (unpaired) electrons. The highest BCUT2D eigenvalue weighted by atomic mass is 32.1. The Morgan fingerprint density at radius 3 is 2.86 bits per heavy atom. The summed E-state index contributed by atoms with van der Waals surface area (Å²) in [6, 6.07) is 5.79. The van der Waals surface area contributed by atoms with Gasteiger partial charge in [0.25, 0.3) is 0 Å². The van der Waals surface area contributed by atoms with Crippen LogP contribution in [0.5, 0.6) is 5.75 Å². The zero-order valence-corrected chi connectivity index (χ0v) is 8.85. The largest absolute Gasteiger partial charge is 0.426 e. The van der Waals surface area contributed by atoms with Crippen LogP contribution in [0.3, 0.4) is 0 Å². The zero-order valence-electron chi connectivity index (χ0n) is 8.03. The van der Waals surface area contributed by atoms with Gasteiger partial charge in [0.1, 0.15) is 5.75 Å². The first kappa shape index (κ1) is 9.21. The Labute approximate surface area is 86.1 Å². The van der Waals surface area contributed by atoms with E-state index in [4.69, 9.17) is 4.74 Å². The van der Waals surface area contributed by atoms with Crippen molar-refractivity contribution in [1.82, 2.24) is 0 Å². The fraction of sp³-hybridized carbons (Fsp3) is 0.182. The van der Waals surface area contributed by atoms with Crippen LogP contribution in [-0.4, -0.2) is 5.97 Å². The molecule has 0 saturated heterocycles. The first-order valence-electron chi connectivity index (χ1n) is 4.33. The van der Waals surface area contributed by atoms with Crippen LogP contribution in [-0.2, 0) is 4.79 Å². The van der Waals surface area contributed by atoms with Crippen LogP contribution in [0.25, 0.3) is 10.1 Å². The maximum absolute atomic E-state index is 10.8. The van der Waals surface area contributed by atoms with Crippen molar-refractivity contribution in [2.45, 2.75) is 13.8 Å². The van der Waals surface area contributed by atoms with E-state index < -0.39 is 0 Å². The average Bonchev–Trinajstić information content (AvgIpc) is 2.58. The lowest BCUT2D eigenvalue weighted by molar-refractivity contribution is -0.131. The minimum absolute atomic E-state index is 0.277. The summed E-state index contributed by atoms with van der Waals surface area (Å²) in [7, 11) is 0. The molecular formula is C11H10O2S. The number of aryl methyl sites for hydroxylation is 1. The molecule has 0 spiro atoms. The van der Waals surface area contributed by atoms with Crippen molar-refractivity contribution in [3.63, 3.8) is 0 Å². The van der Waals surface area contributed by atoms with Crippen molar-refractivity contribution in [3.05, 3.63) is 29.1 Å². The molecule has 2 aromatic rings. The topological polar surface area (TPSA) is 26.3 Å². The van der Waals surface area contributed by atoms with Crippen molar-refractivity contribution in [3.8, 4) is 5.75 Å². The second kappa shape index (κ2) is 3.42. The lowest BCUT2D eigenvalue weighted by atomic mass is 10.2. The fourth-order valence-electron chi connectivity index (χ4n) is 1.42.